The molecule has 8 heteroatoms. The number of fused-ring (bicyclic) bond motifs is 1. The maximum atomic E-state index is 11.8. The molecule has 7 nitrogen and oxygen atoms in total. The fourth-order valence-electron chi connectivity index (χ4n) is 3.12. The summed E-state index contributed by atoms with van der Waals surface area (Å²) in [6, 6.07) is 10.6. The molecule has 0 radical (unpaired) electrons. The average molecular weight is 417 g/mol. The van der Waals surface area contributed by atoms with Crippen molar-refractivity contribution in [1.82, 2.24) is 10.6 Å². The van der Waals surface area contributed by atoms with Gasteiger partial charge in [-0.2, -0.15) is 0 Å². The number of nitrogens with one attached hydrogen (secondary N) is 2. The molecule has 2 aromatic carbocycles. The molecule has 1 aliphatic rings. The minimum atomic E-state index is -0.404. The topological polar surface area (TPSA) is 93.7 Å². The Morgan fingerprint density at radius 1 is 1.17 bits per heavy atom. The summed E-state index contributed by atoms with van der Waals surface area (Å²) in [4.78, 5) is 34.3. The lowest BCUT2D eigenvalue weighted by Crippen LogP contribution is -2.40. The second-order valence-corrected chi connectivity index (χ2v) is 7.10. The van der Waals surface area contributed by atoms with E-state index in [1.54, 1.807) is 12.1 Å². The number of carbonyl (C=O) groups excluding carboxylic acids is 3. The van der Waals surface area contributed by atoms with E-state index in [0.717, 1.165) is 16.7 Å². The highest BCUT2D eigenvalue weighted by Gasteiger charge is 2.27. The van der Waals surface area contributed by atoms with E-state index in [1.165, 1.54) is 14.0 Å². The van der Waals surface area contributed by atoms with Crippen LogP contribution in [0.25, 0.3) is 11.1 Å². The van der Waals surface area contributed by atoms with Gasteiger partial charge in [-0.3, -0.25) is 9.59 Å². The predicted octanol–water partition coefficient (Wildman–Crippen LogP) is 2.35. The predicted molar refractivity (Wildman–Crippen MR) is 108 cm³/mol. The van der Waals surface area contributed by atoms with Crippen molar-refractivity contribution >= 4 is 29.4 Å². The van der Waals surface area contributed by atoms with E-state index in [-0.39, 0.29) is 24.5 Å². The number of carbonyl (C=O) groups is 3. The average Bonchev–Trinajstić information content (AvgIpc) is 3.12. The van der Waals surface area contributed by atoms with Gasteiger partial charge in [0.25, 0.3) is 0 Å². The first-order chi connectivity index (χ1) is 13.9. The van der Waals surface area contributed by atoms with Crippen LogP contribution < -0.4 is 15.4 Å². The number of hydrogen-bond acceptors (Lipinski definition) is 5. The first-order valence-corrected chi connectivity index (χ1v) is 9.44. The Morgan fingerprint density at radius 3 is 2.55 bits per heavy atom. The van der Waals surface area contributed by atoms with Gasteiger partial charge in [0.2, 0.25) is 11.8 Å². The Balaban J connectivity index is 1.72. The zero-order valence-electron chi connectivity index (χ0n) is 16.1. The first kappa shape index (κ1) is 20.7. The van der Waals surface area contributed by atoms with Crippen LogP contribution >= 0.6 is 11.6 Å². The summed E-state index contributed by atoms with van der Waals surface area (Å²) >= 11 is 6.29. The van der Waals surface area contributed by atoms with Gasteiger partial charge in [0.15, 0.2) is 0 Å². The van der Waals surface area contributed by atoms with E-state index < -0.39 is 5.97 Å². The van der Waals surface area contributed by atoms with Crippen LogP contribution in [0.3, 0.4) is 0 Å². The molecule has 0 unspecified atom stereocenters. The van der Waals surface area contributed by atoms with E-state index in [9.17, 15) is 14.4 Å². The highest BCUT2D eigenvalue weighted by molar-refractivity contribution is 6.31. The summed E-state index contributed by atoms with van der Waals surface area (Å²) in [5.41, 5.74) is 3.07. The van der Waals surface area contributed by atoms with Crippen LogP contribution in [0.4, 0.5) is 0 Å². The summed E-state index contributed by atoms with van der Waals surface area (Å²) < 4.78 is 10.8. The third-order valence-corrected chi connectivity index (χ3v) is 4.72. The number of rotatable bonds is 6. The van der Waals surface area contributed by atoms with E-state index >= 15 is 0 Å². The molecule has 2 amide bonds. The summed E-state index contributed by atoms with van der Waals surface area (Å²) in [6.07, 6.45) is 0.363. The van der Waals surface area contributed by atoms with Crippen LogP contribution in [-0.2, 0) is 20.7 Å². The molecule has 1 atom stereocenters. The van der Waals surface area contributed by atoms with E-state index in [2.05, 4.69) is 10.6 Å². The zero-order chi connectivity index (χ0) is 21.0. The Bertz CT molecular complexity index is 943. The van der Waals surface area contributed by atoms with Gasteiger partial charge < -0.3 is 20.1 Å². The molecule has 3 rings (SSSR count). The molecule has 0 aromatic heterocycles. The number of esters is 1. The molecule has 0 bridgehead atoms. The van der Waals surface area contributed by atoms with Gasteiger partial charge in [-0.25, -0.2) is 4.79 Å². The minimum absolute atomic E-state index is 0.0708. The molecule has 1 aliphatic heterocycles. The summed E-state index contributed by atoms with van der Waals surface area (Å²) in [5.74, 6) is -0.237. The Morgan fingerprint density at radius 2 is 1.90 bits per heavy atom. The second kappa shape index (κ2) is 8.96. The number of halogens is 1. The molecule has 0 spiro atoms. The summed E-state index contributed by atoms with van der Waals surface area (Å²) in [6.45, 7) is 1.59. The fraction of sp³-hybridized carbons (Fsp3) is 0.286. The molecule has 0 saturated heterocycles. The maximum Gasteiger partial charge on any atom is 0.337 e. The standard InChI is InChI=1S/C21H21ClN2O5/c1-12(25)23-11-19(26)24-10-17-8-15-7-16(22)9-18(20(15)29-17)13-3-5-14(6-4-13)21(27)28-2/h3-7,9,17H,8,10-11H2,1-2H3,(H,23,25)(H,24,26)/t17-/m0/s1. The molecule has 1 heterocycles. The molecule has 0 aliphatic carbocycles. The van der Waals surface area contributed by atoms with Crippen LogP contribution in [-0.4, -0.2) is 44.1 Å². The lowest BCUT2D eigenvalue weighted by molar-refractivity contribution is -0.125. The van der Waals surface area contributed by atoms with Gasteiger partial charge in [0, 0.05) is 29.5 Å². The van der Waals surface area contributed by atoms with Gasteiger partial charge in [-0.15, -0.1) is 0 Å². The van der Waals surface area contributed by atoms with Crippen LogP contribution in [0.15, 0.2) is 36.4 Å². The zero-order valence-corrected chi connectivity index (χ0v) is 16.8. The number of ether oxygens (including phenoxy) is 2. The van der Waals surface area contributed by atoms with Gasteiger partial charge in [0.05, 0.1) is 25.8 Å². The van der Waals surface area contributed by atoms with E-state index in [0.29, 0.717) is 29.3 Å². The monoisotopic (exact) mass is 416 g/mol. The lowest BCUT2D eigenvalue weighted by Gasteiger charge is -2.14. The Hall–Kier alpha value is -3.06. The number of amides is 2. The van der Waals surface area contributed by atoms with Crippen LogP contribution in [0, 0.1) is 0 Å². The van der Waals surface area contributed by atoms with Crippen LogP contribution in [0.2, 0.25) is 5.02 Å². The van der Waals surface area contributed by atoms with Crippen LogP contribution in [0.1, 0.15) is 22.8 Å². The minimum Gasteiger partial charge on any atom is -0.487 e. The van der Waals surface area contributed by atoms with Crippen molar-refractivity contribution in [3.05, 3.63) is 52.5 Å². The fourth-order valence-corrected chi connectivity index (χ4v) is 3.36. The van der Waals surface area contributed by atoms with Gasteiger partial charge in [-0.1, -0.05) is 23.7 Å². The molecule has 0 fully saturated rings. The van der Waals surface area contributed by atoms with E-state index in [1.807, 2.05) is 24.3 Å². The summed E-state index contributed by atoms with van der Waals surface area (Å²) in [7, 11) is 1.34. The van der Waals surface area contributed by atoms with Crippen molar-refractivity contribution in [3.8, 4) is 16.9 Å². The largest absolute Gasteiger partial charge is 0.487 e. The van der Waals surface area contributed by atoms with Crippen molar-refractivity contribution in [3.63, 3.8) is 0 Å². The van der Waals surface area contributed by atoms with Crippen LogP contribution in [0.5, 0.6) is 5.75 Å². The van der Waals surface area contributed by atoms with Crippen molar-refractivity contribution < 1.29 is 23.9 Å². The second-order valence-electron chi connectivity index (χ2n) is 6.67. The molecule has 0 saturated carbocycles. The van der Waals surface area contributed by atoms with Gasteiger partial charge >= 0.3 is 5.97 Å². The molecule has 2 N–H and O–H groups in total. The highest BCUT2D eigenvalue weighted by Crippen LogP contribution is 2.41. The Labute approximate surface area is 173 Å². The van der Waals surface area contributed by atoms with E-state index in [4.69, 9.17) is 21.1 Å². The van der Waals surface area contributed by atoms with Crippen molar-refractivity contribution in [1.29, 1.82) is 0 Å². The van der Waals surface area contributed by atoms with Crippen molar-refractivity contribution in [2.75, 3.05) is 20.2 Å². The smallest absolute Gasteiger partial charge is 0.337 e. The Kier molecular flexibility index (Phi) is 6.39. The number of benzene rings is 2. The summed E-state index contributed by atoms with van der Waals surface area (Å²) in [5, 5.41) is 5.78. The molecule has 2 aromatic rings. The normalized spacial score (nSPS) is 14.5. The highest BCUT2D eigenvalue weighted by atomic mass is 35.5. The molecular weight excluding hydrogens is 396 g/mol. The van der Waals surface area contributed by atoms with Crippen molar-refractivity contribution in [2.24, 2.45) is 0 Å². The molecular formula is C21H21ClN2O5. The third-order valence-electron chi connectivity index (χ3n) is 4.50. The van der Waals surface area contributed by atoms with Gasteiger partial charge in [0.1, 0.15) is 11.9 Å². The van der Waals surface area contributed by atoms with Crippen molar-refractivity contribution in [2.45, 2.75) is 19.4 Å². The number of methoxy groups -OCH3 is 1. The SMILES string of the molecule is COC(=O)c1ccc(-c2cc(Cl)cc3c2O[C@H](CNC(=O)CNC(C)=O)C3)cc1. The maximum absolute atomic E-state index is 11.8. The quantitative estimate of drug-likeness (QED) is 0.705. The third kappa shape index (κ3) is 5.06. The molecule has 152 valence electrons. The van der Waals surface area contributed by atoms with Gasteiger partial charge in [-0.05, 0) is 29.8 Å². The molecule has 29 heavy (non-hydrogen) atoms. The first-order valence-electron chi connectivity index (χ1n) is 9.06. The lowest BCUT2D eigenvalue weighted by atomic mass is 9.99. The number of hydrogen-bond donors (Lipinski definition) is 2.